The maximum absolute atomic E-state index is 10.1. The van der Waals surface area contributed by atoms with Gasteiger partial charge in [0.2, 0.25) is 0 Å². The summed E-state index contributed by atoms with van der Waals surface area (Å²) in [5, 5.41) is 24.2. The predicted molar refractivity (Wildman–Crippen MR) is 133 cm³/mol. The highest BCUT2D eigenvalue weighted by Gasteiger charge is 2.52. The first-order valence-electron chi connectivity index (χ1n) is 11.9. The van der Waals surface area contributed by atoms with Crippen LogP contribution in [0.5, 0.6) is 5.75 Å². The Balaban J connectivity index is 1.11. The highest BCUT2D eigenvalue weighted by Crippen LogP contribution is 2.44. The third-order valence-electron chi connectivity index (χ3n) is 7.51. The average Bonchev–Trinajstić information content (AvgIpc) is 3.26. The second kappa shape index (κ2) is 7.72. The van der Waals surface area contributed by atoms with E-state index in [4.69, 9.17) is 4.52 Å². The van der Waals surface area contributed by atoms with Crippen molar-refractivity contribution in [3.05, 3.63) is 60.4 Å². The third-order valence-corrected chi connectivity index (χ3v) is 7.51. The molecule has 7 heteroatoms. The van der Waals surface area contributed by atoms with Crippen molar-refractivity contribution >= 4 is 22.4 Å². The average molecular weight is 456 g/mol. The van der Waals surface area contributed by atoms with Gasteiger partial charge in [-0.3, -0.25) is 0 Å². The van der Waals surface area contributed by atoms with E-state index < -0.39 is 0 Å². The molecule has 4 aromatic rings. The zero-order valence-electron chi connectivity index (χ0n) is 19.8. The molecule has 2 aromatic heterocycles. The van der Waals surface area contributed by atoms with E-state index in [9.17, 15) is 5.11 Å². The molecular formula is C27H29N5O2. The number of hydrogen-bond acceptors (Lipinski definition) is 7. The number of nitrogens with zero attached hydrogens (tertiary/aromatic N) is 5. The number of benzene rings is 2. The molecule has 0 radical (unpaired) electrons. The monoisotopic (exact) mass is 455 g/mol. The molecule has 2 saturated heterocycles. The number of para-hydroxylation sites is 1. The zero-order valence-corrected chi connectivity index (χ0v) is 19.8. The van der Waals surface area contributed by atoms with Gasteiger partial charge in [-0.15, -0.1) is 10.2 Å². The van der Waals surface area contributed by atoms with Crippen molar-refractivity contribution in [2.45, 2.75) is 26.7 Å². The molecule has 1 unspecified atom stereocenters. The van der Waals surface area contributed by atoms with E-state index in [0.29, 0.717) is 28.5 Å². The van der Waals surface area contributed by atoms with E-state index in [0.717, 1.165) is 48.7 Å². The summed E-state index contributed by atoms with van der Waals surface area (Å²) in [7, 11) is 0. The largest absolute Gasteiger partial charge is 0.507 e. The second-order valence-electron chi connectivity index (χ2n) is 10.3. The number of anilines is 2. The molecule has 2 aromatic carbocycles. The summed E-state index contributed by atoms with van der Waals surface area (Å²) >= 11 is 0. The van der Waals surface area contributed by atoms with E-state index >= 15 is 0 Å². The van der Waals surface area contributed by atoms with Gasteiger partial charge < -0.3 is 19.4 Å². The molecule has 2 aliphatic rings. The van der Waals surface area contributed by atoms with Crippen LogP contribution in [0.1, 0.15) is 32.4 Å². The predicted octanol–water partition coefficient (Wildman–Crippen LogP) is 5.08. The van der Waals surface area contributed by atoms with Crippen molar-refractivity contribution in [1.82, 2.24) is 15.4 Å². The van der Waals surface area contributed by atoms with Crippen LogP contribution in [0.2, 0.25) is 0 Å². The molecule has 6 rings (SSSR count). The van der Waals surface area contributed by atoms with Gasteiger partial charge in [-0.05, 0) is 36.2 Å². The van der Waals surface area contributed by atoms with Gasteiger partial charge in [-0.2, -0.15) is 0 Å². The van der Waals surface area contributed by atoms with Crippen molar-refractivity contribution in [3.63, 3.8) is 0 Å². The molecule has 1 atom stereocenters. The molecule has 0 saturated carbocycles. The number of rotatable bonds is 5. The number of phenols is 1. The fourth-order valence-corrected chi connectivity index (χ4v) is 5.09. The molecule has 7 nitrogen and oxygen atoms in total. The molecule has 1 N–H and O–H groups in total. The standard InChI is InChI=1S/C27H29N5O2/c1-17(2)18(3)25-12-26(30-34-25)32-15-27(16-32)13-31(14-27)20-9-8-19-10-23(29-28-22(19)11-20)21-6-4-5-7-24(21)33/h4-12,17-18,33H,13-16H2,1-3H3. The SMILES string of the molecule is CC(C)C(C)c1cc(N2CC3(CN(c4ccc5cc(-c6ccccc6O)nnc5c4)C3)C2)no1. The summed E-state index contributed by atoms with van der Waals surface area (Å²) < 4.78 is 5.61. The number of aromatic nitrogens is 3. The van der Waals surface area contributed by atoms with Crippen molar-refractivity contribution < 1.29 is 9.63 Å². The lowest BCUT2D eigenvalue weighted by Gasteiger charge is -2.61. The van der Waals surface area contributed by atoms with Crippen LogP contribution in [0, 0.1) is 11.3 Å². The summed E-state index contributed by atoms with van der Waals surface area (Å²) in [6, 6.07) is 17.7. The molecule has 0 amide bonds. The van der Waals surface area contributed by atoms with E-state index in [1.54, 1.807) is 12.1 Å². The maximum atomic E-state index is 10.1. The van der Waals surface area contributed by atoms with E-state index in [1.807, 2.05) is 18.2 Å². The van der Waals surface area contributed by atoms with Gasteiger partial charge >= 0.3 is 0 Å². The van der Waals surface area contributed by atoms with Crippen molar-refractivity contribution in [2.75, 3.05) is 36.0 Å². The Morgan fingerprint density at radius 1 is 0.912 bits per heavy atom. The first-order valence-corrected chi connectivity index (χ1v) is 11.9. The van der Waals surface area contributed by atoms with Crippen molar-refractivity contribution in [1.29, 1.82) is 0 Å². The summed E-state index contributed by atoms with van der Waals surface area (Å²) in [6.07, 6.45) is 0. The number of fused-ring (bicyclic) bond motifs is 1. The van der Waals surface area contributed by atoms with Gasteiger partial charge in [-0.25, -0.2) is 0 Å². The van der Waals surface area contributed by atoms with Crippen LogP contribution in [-0.4, -0.2) is 46.6 Å². The lowest BCUT2D eigenvalue weighted by Crippen LogP contribution is -2.72. The number of phenolic OH excluding ortho intramolecular Hbond substituents is 1. The van der Waals surface area contributed by atoms with Gasteiger partial charge in [0, 0.05) is 60.2 Å². The molecule has 0 bridgehead atoms. The van der Waals surface area contributed by atoms with Crippen molar-refractivity contribution in [2.24, 2.45) is 11.3 Å². The lowest BCUT2D eigenvalue weighted by atomic mass is 9.72. The van der Waals surface area contributed by atoms with Crippen LogP contribution in [0.4, 0.5) is 11.5 Å². The van der Waals surface area contributed by atoms with Gasteiger partial charge in [-0.1, -0.05) is 44.1 Å². The Kier molecular flexibility index (Phi) is 4.76. The highest BCUT2D eigenvalue weighted by atomic mass is 16.5. The molecule has 34 heavy (non-hydrogen) atoms. The van der Waals surface area contributed by atoms with Crippen LogP contribution in [0.3, 0.4) is 0 Å². The van der Waals surface area contributed by atoms with Crippen molar-refractivity contribution in [3.8, 4) is 17.0 Å². The smallest absolute Gasteiger partial charge is 0.172 e. The Morgan fingerprint density at radius 3 is 2.44 bits per heavy atom. The first kappa shape index (κ1) is 21.0. The molecule has 174 valence electrons. The minimum atomic E-state index is 0.212. The van der Waals surface area contributed by atoms with E-state index in [2.05, 4.69) is 70.2 Å². The Hall–Kier alpha value is -3.61. The quantitative estimate of drug-likeness (QED) is 0.450. The van der Waals surface area contributed by atoms with Gasteiger partial charge in [0.1, 0.15) is 11.5 Å². The van der Waals surface area contributed by atoms with Gasteiger partial charge in [0.05, 0.1) is 11.2 Å². The summed E-state index contributed by atoms with van der Waals surface area (Å²) in [5.74, 6) is 3.06. The number of hydrogen-bond donors (Lipinski definition) is 1. The molecular weight excluding hydrogens is 426 g/mol. The fourth-order valence-electron chi connectivity index (χ4n) is 5.09. The van der Waals surface area contributed by atoms with E-state index in [1.165, 1.54) is 5.69 Å². The molecule has 1 spiro atoms. The molecule has 2 fully saturated rings. The Bertz CT molecular complexity index is 1350. The topological polar surface area (TPSA) is 78.5 Å². The van der Waals surface area contributed by atoms with Crippen LogP contribution in [-0.2, 0) is 0 Å². The normalized spacial score (nSPS) is 17.8. The second-order valence-corrected chi connectivity index (χ2v) is 10.3. The minimum absolute atomic E-state index is 0.212. The summed E-state index contributed by atoms with van der Waals surface area (Å²) in [6.45, 7) is 10.7. The maximum Gasteiger partial charge on any atom is 0.172 e. The van der Waals surface area contributed by atoms with Crippen LogP contribution >= 0.6 is 0 Å². The fraction of sp³-hybridized carbons (Fsp3) is 0.370. The third kappa shape index (κ3) is 3.47. The number of aromatic hydroxyl groups is 1. The van der Waals surface area contributed by atoms with Gasteiger partial charge in [0.15, 0.2) is 5.82 Å². The zero-order chi connectivity index (χ0) is 23.4. The van der Waals surface area contributed by atoms with E-state index in [-0.39, 0.29) is 5.75 Å². The summed E-state index contributed by atoms with van der Waals surface area (Å²) in [5.41, 5.74) is 3.74. The summed E-state index contributed by atoms with van der Waals surface area (Å²) in [4.78, 5) is 4.73. The minimum Gasteiger partial charge on any atom is -0.507 e. The Morgan fingerprint density at radius 2 is 1.68 bits per heavy atom. The lowest BCUT2D eigenvalue weighted by molar-refractivity contribution is 0.154. The van der Waals surface area contributed by atoms with Crippen LogP contribution in [0.15, 0.2) is 59.1 Å². The molecule has 0 aliphatic carbocycles. The first-order chi connectivity index (χ1) is 16.4. The molecule has 4 heterocycles. The molecule has 2 aliphatic heterocycles. The van der Waals surface area contributed by atoms with Gasteiger partial charge in [0.25, 0.3) is 0 Å². The van der Waals surface area contributed by atoms with Crippen LogP contribution < -0.4 is 9.80 Å². The van der Waals surface area contributed by atoms with Crippen LogP contribution in [0.25, 0.3) is 22.2 Å². The highest BCUT2D eigenvalue weighted by molar-refractivity contribution is 5.85. The Labute approximate surface area is 199 Å².